The molecule has 12 heteroatoms. The Labute approximate surface area is 215 Å². The van der Waals surface area contributed by atoms with Gasteiger partial charge in [0.1, 0.15) is 17.2 Å². The van der Waals surface area contributed by atoms with Gasteiger partial charge in [-0.05, 0) is 54.6 Å². The monoisotopic (exact) mass is 515 g/mol. The normalized spacial score (nSPS) is 14.5. The van der Waals surface area contributed by atoms with Gasteiger partial charge in [-0.25, -0.2) is 14.8 Å². The van der Waals surface area contributed by atoms with E-state index in [0.717, 1.165) is 5.56 Å². The highest BCUT2D eigenvalue weighted by Gasteiger charge is 2.52. The van der Waals surface area contributed by atoms with Gasteiger partial charge in [-0.15, -0.1) is 0 Å². The second-order valence-electron chi connectivity index (χ2n) is 8.16. The molecule has 4 amide bonds. The Morgan fingerprint density at radius 1 is 0.868 bits per heavy atom. The molecule has 0 bridgehead atoms. The maximum Gasteiger partial charge on any atom is 0.328 e. The number of benzene rings is 2. The van der Waals surface area contributed by atoms with E-state index in [1.807, 2.05) is 12.1 Å². The van der Waals surface area contributed by atoms with Crippen molar-refractivity contribution in [1.82, 2.24) is 25.8 Å². The van der Waals surface area contributed by atoms with Crippen LogP contribution < -0.4 is 20.1 Å². The van der Waals surface area contributed by atoms with Crippen LogP contribution in [0.5, 0.6) is 17.2 Å². The fraction of sp³-hybridized carbons (Fsp3) is 0.154. The van der Waals surface area contributed by atoms with Crippen molar-refractivity contribution in [2.75, 3.05) is 13.7 Å². The molecular formula is C26H21N5O7. The van der Waals surface area contributed by atoms with Crippen molar-refractivity contribution in [1.29, 1.82) is 0 Å². The van der Waals surface area contributed by atoms with Crippen LogP contribution in [0, 0.1) is 0 Å². The first kappa shape index (κ1) is 24.6. The highest BCUT2D eigenvalue weighted by Crippen LogP contribution is 2.30. The molecule has 4 aromatic rings. The van der Waals surface area contributed by atoms with Crippen LogP contribution in [0.1, 0.15) is 6.42 Å². The van der Waals surface area contributed by atoms with Gasteiger partial charge in [0, 0.05) is 37.6 Å². The summed E-state index contributed by atoms with van der Waals surface area (Å²) in [6, 6.07) is 16.1. The standard InChI is InChI=1S/C26H21N5O7/c1-35-14-11-26(23(32)29-25(34)30-24(26)33)37-19-9-7-18(8-10-19)36-17-5-3-16(4-6-17)21-15-20(31-38-21)22-27-12-2-13-28-22/h2-10,12-13,15H,11,14H2,1H3,(H2,29,30,32,33,34). The summed E-state index contributed by atoms with van der Waals surface area (Å²) >= 11 is 0. The first-order chi connectivity index (χ1) is 18.5. The van der Waals surface area contributed by atoms with Gasteiger partial charge < -0.3 is 18.7 Å². The molecule has 3 heterocycles. The summed E-state index contributed by atoms with van der Waals surface area (Å²) in [5.74, 6) is 0.587. The minimum Gasteiger partial charge on any atom is -0.467 e. The van der Waals surface area contributed by atoms with Crippen molar-refractivity contribution >= 4 is 17.8 Å². The van der Waals surface area contributed by atoms with E-state index in [-0.39, 0.29) is 18.8 Å². The molecule has 2 aromatic carbocycles. The van der Waals surface area contributed by atoms with Crippen LogP contribution in [0.4, 0.5) is 4.79 Å². The molecule has 0 atom stereocenters. The average molecular weight is 515 g/mol. The molecule has 192 valence electrons. The third kappa shape index (κ3) is 5.06. The zero-order chi connectivity index (χ0) is 26.5. The van der Waals surface area contributed by atoms with E-state index in [1.165, 1.54) is 7.11 Å². The minimum atomic E-state index is -1.95. The van der Waals surface area contributed by atoms with Crippen molar-refractivity contribution in [2.24, 2.45) is 0 Å². The number of nitrogens with zero attached hydrogens (tertiary/aromatic N) is 3. The zero-order valence-corrected chi connectivity index (χ0v) is 20.0. The number of urea groups is 1. The fourth-order valence-corrected chi connectivity index (χ4v) is 3.71. The van der Waals surface area contributed by atoms with Crippen LogP contribution in [0.25, 0.3) is 22.8 Å². The van der Waals surface area contributed by atoms with Crippen molar-refractivity contribution in [3.05, 3.63) is 73.1 Å². The van der Waals surface area contributed by atoms with E-state index >= 15 is 0 Å². The first-order valence-corrected chi connectivity index (χ1v) is 11.4. The largest absolute Gasteiger partial charge is 0.467 e. The van der Waals surface area contributed by atoms with Gasteiger partial charge in [0.05, 0.1) is 6.61 Å². The quantitative estimate of drug-likeness (QED) is 0.318. The molecule has 0 aliphatic carbocycles. The van der Waals surface area contributed by atoms with Gasteiger partial charge >= 0.3 is 6.03 Å². The van der Waals surface area contributed by atoms with Crippen molar-refractivity contribution in [3.63, 3.8) is 0 Å². The molecular weight excluding hydrogens is 494 g/mol. The molecule has 2 N–H and O–H groups in total. The van der Waals surface area contributed by atoms with Crippen LogP contribution in [-0.4, -0.2) is 52.3 Å². The number of hydrogen-bond donors (Lipinski definition) is 2. The van der Waals surface area contributed by atoms with Gasteiger partial charge in [0.2, 0.25) is 0 Å². The minimum absolute atomic E-state index is 0.0572. The predicted octanol–water partition coefficient (Wildman–Crippen LogP) is 3.11. The SMILES string of the molecule is COCCC1(Oc2ccc(Oc3ccc(-c4cc(-c5ncccn5)no4)cc3)cc2)C(=O)NC(=O)NC1=O. The van der Waals surface area contributed by atoms with E-state index in [2.05, 4.69) is 25.8 Å². The van der Waals surface area contributed by atoms with Crippen molar-refractivity contribution < 1.29 is 33.1 Å². The predicted molar refractivity (Wildman–Crippen MR) is 131 cm³/mol. The van der Waals surface area contributed by atoms with Crippen LogP contribution in [0.2, 0.25) is 0 Å². The maximum absolute atomic E-state index is 12.5. The lowest BCUT2D eigenvalue weighted by atomic mass is 9.95. The summed E-state index contributed by atoms with van der Waals surface area (Å²) in [5, 5.41) is 8.16. The van der Waals surface area contributed by atoms with E-state index in [9.17, 15) is 14.4 Å². The van der Waals surface area contributed by atoms with E-state index < -0.39 is 23.4 Å². The van der Waals surface area contributed by atoms with Gasteiger partial charge in [0.25, 0.3) is 17.4 Å². The van der Waals surface area contributed by atoms with Gasteiger partial charge in [-0.3, -0.25) is 20.2 Å². The van der Waals surface area contributed by atoms with Crippen LogP contribution in [0.3, 0.4) is 0 Å². The lowest BCUT2D eigenvalue weighted by Crippen LogP contribution is -2.69. The van der Waals surface area contributed by atoms with E-state index in [1.54, 1.807) is 60.9 Å². The summed E-state index contributed by atoms with van der Waals surface area (Å²) in [5.41, 5.74) is -0.628. The third-order valence-electron chi connectivity index (χ3n) is 5.64. The molecule has 0 unspecified atom stereocenters. The Morgan fingerprint density at radius 2 is 1.47 bits per heavy atom. The number of carbonyl (C=O) groups excluding carboxylic acids is 3. The number of nitrogens with one attached hydrogen (secondary N) is 2. The van der Waals surface area contributed by atoms with Crippen molar-refractivity contribution in [3.8, 4) is 40.1 Å². The number of barbiturate groups is 1. The third-order valence-corrected chi connectivity index (χ3v) is 5.64. The molecule has 1 saturated heterocycles. The number of ether oxygens (including phenoxy) is 3. The summed E-state index contributed by atoms with van der Waals surface area (Å²) in [6.45, 7) is 0.0572. The second-order valence-corrected chi connectivity index (χ2v) is 8.16. The fourth-order valence-electron chi connectivity index (χ4n) is 3.71. The van der Waals surface area contributed by atoms with Crippen LogP contribution in [-0.2, 0) is 14.3 Å². The van der Waals surface area contributed by atoms with E-state index in [0.29, 0.717) is 28.8 Å². The number of aromatic nitrogens is 3. The molecule has 0 saturated carbocycles. The Balaban J connectivity index is 1.26. The molecule has 5 rings (SSSR count). The number of hydrogen-bond acceptors (Lipinski definition) is 10. The number of imide groups is 2. The lowest BCUT2D eigenvalue weighted by molar-refractivity contribution is -0.153. The number of carbonyl (C=O) groups is 3. The number of methoxy groups -OCH3 is 1. The highest BCUT2D eigenvalue weighted by molar-refractivity contribution is 6.21. The molecule has 2 aromatic heterocycles. The smallest absolute Gasteiger partial charge is 0.328 e. The molecule has 0 radical (unpaired) electrons. The number of amides is 4. The topological polar surface area (TPSA) is 155 Å². The summed E-state index contributed by atoms with van der Waals surface area (Å²) in [7, 11) is 1.43. The number of rotatable bonds is 9. The van der Waals surface area contributed by atoms with Crippen LogP contribution in [0.15, 0.2) is 77.6 Å². The molecule has 38 heavy (non-hydrogen) atoms. The van der Waals surface area contributed by atoms with Gasteiger partial charge in [-0.2, -0.15) is 0 Å². The second kappa shape index (κ2) is 10.5. The first-order valence-electron chi connectivity index (χ1n) is 11.4. The molecule has 0 spiro atoms. The summed E-state index contributed by atoms with van der Waals surface area (Å²) in [4.78, 5) is 44.9. The molecule has 1 fully saturated rings. The van der Waals surface area contributed by atoms with Crippen molar-refractivity contribution in [2.45, 2.75) is 12.0 Å². The Morgan fingerprint density at radius 3 is 2.11 bits per heavy atom. The molecule has 1 aliphatic rings. The molecule has 12 nitrogen and oxygen atoms in total. The highest BCUT2D eigenvalue weighted by atomic mass is 16.5. The average Bonchev–Trinajstić information content (AvgIpc) is 3.42. The van der Waals surface area contributed by atoms with E-state index in [4.69, 9.17) is 18.7 Å². The maximum atomic E-state index is 12.5. The zero-order valence-electron chi connectivity index (χ0n) is 20.0. The van der Waals surface area contributed by atoms with Crippen LogP contribution >= 0.6 is 0 Å². The van der Waals surface area contributed by atoms with Gasteiger partial charge in [0.15, 0.2) is 17.3 Å². The Bertz CT molecular complexity index is 1430. The molecule has 1 aliphatic heterocycles. The van der Waals surface area contributed by atoms with Gasteiger partial charge in [-0.1, -0.05) is 5.16 Å². The Kier molecular flexibility index (Phi) is 6.78. The Hall–Kier alpha value is -5.10. The lowest BCUT2D eigenvalue weighted by Gasteiger charge is -2.34. The summed E-state index contributed by atoms with van der Waals surface area (Å²) in [6.07, 6.45) is 3.17. The summed E-state index contributed by atoms with van der Waals surface area (Å²) < 4.78 is 22.1.